The smallest absolute Gasteiger partial charge is 0.138 e. The van der Waals surface area contributed by atoms with Crippen LogP contribution in [0.3, 0.4) is 0 Å². The Hall–Kier alpha value is -0.780. The zero-order valence-corrected chi connectivity index (χ0v) is 12.0. The maximum Gasteiger partial charge on any atom is 0.138 e. The Morgan fingerprint density at radius 2 is 2.28 bits per heavy atom. The molecule has 1 aromatic heterocycles. The van der Waals surface area contributed by atoms with Crippen LogP contribution >= 0.6 is 27.3 Å². The number of aromatic nitrogens is 1. The topological polar surface area (TPSA) is 24.9 Å². The maximum atomic E-state index is 13.5. The number of halogens is 2. The minimum atomic E-state index is -0.250. The molecule has 1 aliphatic carbocycles. The molecule has 0 spiro atoms. The SMILES string of the molecule is Fc1cc(-c2nc(CNC3CC3)cs2)ccc1Br. The van der Waals surface area contributed by atoms with Crippen molar-refractivity contribution in [1.29, 1.82) is 0 Å². The van der Waals surface area contributed by atoms with Gasteiger partial charge in [0.05, 0.1) is 10.2 Å². The van der Waals surface area contributed by atoms with Crippen LogP contribution in [0.5, 0.6) is 0 Å². The standard InChI is InChI=1S/C13H12BrFN2S/c14-11-4-1-8(5-12(11)15)13-17-10(7-18-13)6-16-9-2-3-9/h1,4-5,7,9,16H,2-3,6H2. The van der Waals surface area contributed by atoms with Crippen molar-refractivity contribution < 1.29 is 4.39 Å². The minimum absolute atomic E-state index is 0.250. The molecule has 18 heavy (non-hydrogen) atoms. The average molecular weight is 327 g/mol. The average Bonchev–Trinajstić information content (AvgIpc) is 3.08. The van der Waals surface area contributed by atoms with Crippen molar-refractivity contribution >= 4 is 27.3 Å². The predicted octanol–water partition coefficient (Wildman–Crippen LogP) is 3.96. The molecular formula is C13H12BrFN2S. The molecule has 1 N–H and O–H groups in total. The van der Waals surface area contributed by atoms with E-state index in [9.17, 15) is 4.39 Å². The van der Waals surface area contributed by atoms with E-state index in [1.807, 2.05) is 11.4 Å². The second-order valence-corrected chi connectivity index (χ2v) is 6.14. The summed E-state index contributed by atoms with van der Waals surface area (Å²) >= 11 is 4.71. The van der Waals surface area contributed by atoms with Gasteiger partial charge in [-0.25, -0.2) is 9.37 Å². The van der Waals surface area contributed by atoms with Gasteiger partial charge in [0.1, 0.15) is 10.8 Å². The molecule has 94 valence electrons. The zero-order valence-electron chi connectivity index (χ0n) is 9.62. The van der Waals surface area contributed by atoms with Crippen LogP contribution in [0.15, 0.2) is 28.1 Å². The molecule has 3 rings (SSSR count). The highest BCUT2D eigenvalue weighted by molar-refractivity contribution is 9.10. The van der Waals surface area contributed by atoms with Crippen molar-refractivity contribution in [3.05, 3.63) is 39.6 Å². The summed E-state index contributed by atoms with van der Waals surface area (Å²) in [6.07, 6.45) is 2.55. The number of hydrogen-bond acceptors (Lipinski definition) is 3. The Bertz CT molecular complexity index is 566. The normalized spacial score (nSPS) is 15.0. The van der Waals surface area contributed by atoms with Gasteiger partial charge in [0.15, 0.2) is 0 Å². The second-order valence-electron chi connectivity index (χ2n) is 4.43. The Labute approximate surface area is 117 Å². The lowest BCUT2D eigenvalue weighted by atomic mass is 10.2. The molecule has 5 heteroatoms. The van der Waals surface area contributed by atoms with Gasteiger partial charge >= 0.3 is 0 Å². The molecule has 2 nitrogen and oxygen atoms in total. The van der Waals surface area contributed by atoms with E-state index in [1.165, 1.54) is 18.9 Å². The van der Waals surface area contributed by atoms with E-state index < -0.39 is 0 Å². The van der Waals surface area contributed by atoms with Gasteiger partial charge in [-0.15, -0.1) is 11.3 Å². The summed E-state index contributed by atoms with van der Waals surface area (Å²) in [5.74, 6) is -0.250. The molecule has 0 unspecified atom stereocenters. The number of thiazole rings is 1. The number of rotatable bonds is 4. The van der Waals surface area contributed by atoms with Gasteiger partial charge in [0, 0.05) is 23.5 Å². The van der Waals surface area contributed by atoms with Gasteiger partial charge in [-0.3, -0.25) is 0 Å². The van der Waals surface area contributed by atoms with Crippen molar-refractivity contribution in [2.45, 2.75) is 25.4 Å². The summed E-state index contributed by atoms with van der Waals surface area (Å²) in [7, 11) is 0. The van der Waals surface area contributed by atoms with Crippen LogP contribution in [-0.2, 0) is 6.54 Å². The first-order chi connectivity index (χ1) is 8.72. The Balaban J connectivity index is 1.76. The molecule has 0 amide bonds. The van der Waals surface area contributed by atoms with Gasteiger partial charge in [-0.2, -0.15) is 0 Å². The molecular weight excluding hydrogens is 315 g/mol. The van der Waals surface area contributed by atoms with E-state index in [-0.39, 0.29) is 5.82 Å². The molecule has 0 saturated heterocycles. The molecule has 0 aliphatic heterocycles. The van der Waals surface area contributed by atoms with Gasteiger partial charge in [-0.1, -0.05) is 6.07 Å². The summed E-state index contributed by atoms with van der Waals surface area (Å²) in [5, 5.41) is 6.32. The Kier molecular flexibility index (Phi) is 3.46. The van der Waals surface area contributed by atoms with E-state index in [2.05, 4.69) is 26.2 Å². The molecule has 1 heterocycles. The lowest BCUT2D eigenvalue weighted by molar-refractivity contribution is 0.621. The summed E-state index contributed by atoms with van der Waals surface area (Å²) in [6, 6.07) is 5.79. The molecule has 0 bridgehead atoms. The van der Waals surface area contributed by atoms with Gasteiger partial charge in [0.2, 0.25) is 0 Å². The molecule has 1 aliphatic rings. The third-order valence-corrected chi connectivity index (χ3v) is 4.45. The number of nitrogens with one attached hydrogen (secondary N) is 1. The van der Waals surface area contributed by atoms with Crippen molar-refractivity contribution in [1.82, 2.24) is 10.3 Å². The second kappa shape index (κ2) is 5.07. The minimum Gasteiger partial charge on any atom is -0.308 e. The van der Waals surface area contributed by atoms with Gasteiger partial charge < -0.3 is 5.32 Å². The van der Waals surface area contributed by atoms with E-state index in [0.29, 0.717) is 10.5 Å². The third kappa shape index (κ3) is 2.79. The molecule has 1 fully saturated rings. The first-order valence-corrected chi connectivity index (χ1v) is 7.53. The van der Waals surface area contributed by atoms with Gasteiger partial charge in [0.25, 0.3) is 0 Å². The van der Waals surface area contributed by atoms with Crippen LogP contribution in [0.4, 0.5) is 4.39 Å². The van der Waals surface area contributed by atoms with Gasteiger partial charge in [-0.05, 0) is 40.9 Å². The monoisotopic (exact) mass is 326 g/mol. The highest BCUT2D eigenvalue weighted by Gasteiger charge is 2.20. The Morgan fingerprint density at radius 1 is 1.44 bits per heavy atom. The fourth-order valence-corrected chi connectivity index (χ4v) is 2.75. The maximum absolute atomic E-state index is 13.5. The fourth-order valence-electron chi connectivity index (χ4n) is 1.69. The first kappa shape index (κ1) is 12.3. The van der Waals surface area contributed by atoms with Crippen LogP contribution < -0.4 is 5.32 Å². The quantitative estimate of drug-likeness (QED) is 0.919. The van der Waals surface area contributed by atoms with E-state index in [1.54, 1.807) is 17.4 Å². The lowest BCUT2D eigenvalue weighted by Gasteiger charge is -1.99. The Morgan fingerprint density at radius 3 is 3.00 bits per heavy atom. The van der Waals surface area contributed by atoms with E-state index in [4.69, 9.17) is 0 Å². The number of benzene rings is 1. The zero-order chi connectivity index (χ0) is 12.5. The summed E-state index contributed by atoms with van der Waals surface area (Å²) < 4.78 is 13.9. The van der Waals surface area contributed by atoms with E-state index >= 15 is 0 Å². The van der Waals surface area contributed by atoms with Crippen LogP contribution in [0.1, 0.15) is 18.5 Å². The fraction of sp³-hybridized carbons (Fsp3) is 0.308. The van der Waals surface area contributed by atoms with Crippen molar-refractivity contribution in [3.63, 3.8) is 0 Å². The molecule has 2 aromatic rings. The predicted molar refractivity (Wildman–Crippen MR) is 75.1 cm³/mol. The van der Waals surface area contributed by atoms with Crippen LogP contribution in [0.2, 0.25) is 0 Å². The highest BCUT2D eigenvalue weighted by Crippen LogP contribution is 2.27. The molecule has 1 saturated carbocycles. The van der Waals surface area contributed by atoms with Crippen molar-refractivity contribution in [3.8, 4) is 10.6 Å². The number of hydrogen-bond donors (Lipinski definition) is 1. The number of nitrogens with zero attached hydrogens (tertiary/aromatic N) is 1. The highest BCUT2D eigenvalue weighted by atomic mass is 79.9. The van der Waals surface area contributed by atoms with Crippen LogP contribution in [-0.4, -0.2) is 11.0 Å². The summed E-state index contributed by atoms with van der Waals surface area (Å²) in [5.41, 5.74) is 1.86. The lowest BCUT2D eigenvalue weighted by Crippen LogP contribution is -2.15. The molecule has 0 radical (unpaired) electrons. The molecule has 0 atom stereocenters. The summed E-state index contributed by atoms with van der Waals surface area (Å²) in [6.45, 7) is 0.806. The summed E-state index contributed by atoms with van der Waals surface area (Å²) in [4.78, 5) is 4.53. The van der Waals surface area contributed by atoms with Crippen LogP contribution in [0, 0.1) is 5.82 Å². The largest absolute Gasteiger partial charge is 0.308 e. The van der Waals surface area contributed by atoms with E-state index in [0.717, 1.165) is 22.8 Å². The van der Waals surface area contributed by atoms with Crippen molar-refractivity contribution in [2.24, 2.45) is 0 Å². The first-order valence-electron chi connectivity index (χ1n) is 5.85. The van der Waals surface area contributed by atoms with Crippen LogP contribution in [0.25, 0.3) is 10.6 Å². The third-order valence-electron chi connectivity index (χ3n) is 2.87. The molecule has 1 aromatic carbocycles. The van der Waals surface area contributed by atoms with Crippen molar-refractivity contribution in [2.75, 3.05) is 0 Å².